The Hall–Kier alpha value is -2.74. The van der Waals surface area contributed by atoms with E-state index in [2.05, 4.69) is 32.2 Å². The lowest BCUT2D eigenvalue weighted by atomic mass is 10.1. The molecular formula is C25H23Cl2F3N4. The molecule has 4 nitrogen and oxygen atoms in total. The van der Waals surface area contributed by atoms with E-state index in [4.69, 9.17) is 11.6 Å². The number of nitrogens with one attached hydrogen (secondary N) is 2. The number of halogens is 5. The fraction of sp³-hybridized carbons (Fsp3) is 0.240. The van der Waals surface area contributed by atoms with Crippen molar-refractivity contribution in [3.63, 3.8) is 0 Å². The van der Waals surface area contributed by atoms with Crippen molar-refractivity contribution in [1.82, 2.24) is 4.90 Å². The zero-order chi connectivity index (χ0) is 23.0. The summed E-state index contributed by atoms with van der Waals surface area (Å²) in [4.78, 5) is 2.27. The number of rotatable bonds is 2. The molecule has 3 aromatic carbocycles. The number of nitrogens with zero attached hydrogens (tertiary/aromatic N) is 2. The number of hydrogen-bond acceptors (Lipinski definition) is 2. The molecule has 0 unspecified atom stereocenters. The maximum atomic E-state index is 12.8. The second-order valence-electron chi connectivity index (χ2n) is 8.29. The van der Waals surface area contributed by atoms with E-state index in [9.17, 15) is 13.2 Å². The summed E-state index contributed by atoms with van der Waals surface area (Å²) in [5.74, 6) is 1.02. The number of fused-ring (bicyclic) bond motifs is 2. The highest BCUT2D eigenvalue weighted by atomic mass is 35.5. The van der Waals surface area contributed by atoms with Crippen molar-refractivity contribution in [2.45, 2.75) is 12.7 Å². The lowest BCUT2D eigenvalue weighted by molar-refractivity contribution is -0.539. The Balaban J connectivity index is 0.00000274. The molecule has 0 saturated carbocycles. The van der Waals surface area contributed by atoms with E-state index in [1.54, 1.807) is 12.1 Å². The molecule has 2 heterocycles. The molecule has 2 N–H and O–H groups in total. The monoisotopic (exact) mass is 506 g/mol. The van der Waals surface area contributed by atoms with Crippen molar-refractivity contribution < 1.29 is 30.2 Å². The minimum absolute atomic E-state index is 0. The van der Waals surface area contributed by atoms with Gasteiger partial charge in [-0.15, -0.1) is 0 Å². The summed E-state index contributed by atoms with van der Waals surface area (Å²) in [7, 11) is 0. The normalized spacial score (nSPS) is 15.9. The fourth-order valence-electron chi connectivity index (χ4n) is 4.30. The van der Waals surface area contributed by atoms with E-state index < -0.39 is 11.7 Å². The van der Waals surface area contributed by atoms with E-state index in [0.717, 1.165) is 72.3 Å². The van der Waals surface area contributed by atoms with Gasteiger partial charge in [0.1, 0.15) is 5.69 Å². The minimum Gasteiger partial charge on any atom is -1.00 e. The van der Waals surface area contributed by atoms with Crippen LogP contribution in [0.2, 0.25) is 5.02 Å². The van der Waals surface area contributed by atoms with Crippen LogP contribution in [0.25, 0.3) is 0 Å². The number of para-hydroxylation sites is 1. The fourth-order valence-corrected chi connectivity index (χ4v) is 4.48. The summed E-state index contributed by atoms with van der Waals surface area (Å²) in [6.45, 7) is 3.85. The molecule has 0 aromatic heterocycles. The quantitative estimate of drug-likeness (QED) is 0.524. The summed E-state index contributed by atoms with van der Waals surface area (Å²) in [5, 5.41) is 7.74. The van der Waals surface area contributed by atoms with E-state index in [1.807, 2.05) is 30.3 Å². The van der Waals surface area contributed by atoms with Crippen molar-refractivity contribution in [1.29, 1.82) is 0 Å². The summed E-state index contributed by atoms with van der Waals surface area (Å²) < 4.78 is 40.8. The zero-order valence-corrected chi connectivity index (χ0v) is 19.7. The van der Waals surface area contributed by atoms with Gasteiger partial charge in [0, 0.05) is 30.7 Å². The van der Waals surface area contributed by atoms with Crippen LogP contribution < -0.4 is 23.0 Å². The van der Waals surface area contributed by atoms with Crippen LogP contribution in [0.15, 0.2) is 66.7 Å². The van der Waals surface area contributed by atoms with Crippen LogP contribution in [-0.4, -0.2) is 41.5 Å². The van der Waals surface area contributed by atoms with E-state index >= 15 is 0 Å². The maximum Gasteiger partial charge on any atom is 0.416 e. The van der Waals surface area contributed by atoms with Crippen molar-refractivity contribution in [2.24, 2.45) is 0 Å². The third-order valence-electron chi connectivity index (χ3n) is 6.06. The van der Waals surface area contributed by atoms with E-state index in [-0.39, 0.29) is 12.4 Å². The van der Waals surface area contributed by atoms with Gasteiger partial charge >= 0.3 is 6.18 Å². The van der Waals surface area contributed by atoms with Crippen LogP contribution in [0.1, 0.15) is 16.7 Å². The molecule has 0 spiro atoms. The van der Waals surface area contributed by atoms with Gasteiger partial charge in [-0.2, -0.15) is 13.2 Å². The second kappa shape index (κ2) is 9.86. The first-order valence-corrected chi connectivity index (χ1v) is 11.2. The average Bonchev–Trinajstić information content (AvgIpc) is 2.96. The van der Waals surface area contributed by atoms with Crippen LogP contribution in [0.4, 0.5) is 30.2 Å². The molecular weight excluding hydrogens is 484 g/mol. The summed E-state index contributed by atoms with van der Waals surface area (Å²) in [5.41, 5.74) is 4.26. The van der Waals surface area contributed by atoms with Crippen LogP contribution >= 0.6 is 11.6 Å². The Kier molecular flexibility index (Phi) is 7.07. The van der Waals surface area contributed by atoms with Gasteiger partial charge in [-0.05, 0) is 42.0 Å². The predicted molar refractivity (Wildman–Crippen MR) is 126 cm³/mol. The number of benzene rings is 3. The number of alkyl halides is 3. The molecule has 0 atom stereocenters. The molecule has 9 heteroatoms. The molecule has 2 aliphatic rings. The van der Waals surface area contributed by atoms with Gasteiger partial charge in [0.15, 0.2) is 0 Å². The summed E-state index contributed by atoms with van der Waals surface area (Å²) >= 11 is 6.25. The molecule has 0 aliphatic carbocycles. The van der Waals surface area contributed by atoms with Crippen LogP contribution in [0.3, 0.4) is 0 Å². The standard InChI is InChI=1S/C25H22ClF3N4.ClH/c26-19-9-10-22-23(15-19)31-24(20-3-1-2-4-21(20)30-22)33-13-11-32(12-14-33)16-17-5-7-18(8-6-17)25(27,28)29;/h1-10,15H,11-14,16H2,(H,30,31);1H. The van der Waals surface area contributed by atoms with Crippen molar-refractivity contribution in [3.8, 4) is 0 Å². The number of amidine groups is 1. The second-order valence-corrected chi connectivity index (χ2v) is 8.73. The zero-order valence-electron chi connectivity index (χ0n) is 18.2. The molecule has 2 aliphatic heterocycles. The first-order chi connectivity index (χ1) is 15.9. The van der Waals surface area contributed by atoms with Crippen LogP contribution in [0, 0.1) is 0 Å². The average molecular weight is 507 g/mol. The third-order valence-corrected chi connectivity index (χ3v) is 6.30. The molecule has 1 saturated heterocycles. The summed E-state index contributed by atoms with van der Waals surface area (Å²) in [6.07, 6.45) is -4.30. The van der Waals surface area contributed by atoms with Gasteiger partial charge in [-0.3, -0.25) is 9.48 Å². The van der Waals surface area contributed by atoms with E-state index in [1.165, 1.54) is 0 Å². The Morgan fingerprint density at radius 3 is 2.26 bits per heavy atom. The van der Waals surface area contributed by atoms with Gasteiger partial charge in [-0.25, -0.2) is 5.32 Å². The molecule has 3 aromatic rings. The van der Waals surface area contributed by atoms with Crippen molar-refractivity contribution in [2.75, 3.05) is 36.8 Å². The minimum atomic E-state index is -4.30. The highest BCUT2D eigenvalue weighted by molar-refractivity contribution is 6.31. The van der Waals surface area contributed by atoms with Gasteiger partial charge in [0.05, 0.1) is 35.6 Å². The van der Waals surface area contributed by atoms with Crippen LogP contribution in [0.5, 0.6) is 0 Å². The van der Waals surface area contributed by atoms with Gasteiger partial charge in [-0.1, -0.05) is 35.9 Å². The first kappa shape index (κ1) is 24.4. The highest BCUT2D eigenvalue weighted by Gasteiger charge is 2.30. The predicted octanol–water partition coefficient (Wildman–Crippen LogP) is 2.81. The number of piperazine rings is 1. The third kappa shape index (κ3) is 5.17. The maximum absolute atomic E-state index is 12.8. The smallest absolute Gasteiger partial charge is 0.416 e. The first-order valence-electron chi connectivity index (χ1n) is 10.8. The number of anilines is 3. The molecule has 1 fully saturated rings. The van der Waals surface area contributed by atoms with Gasteiger partial charge in [0.2, 0.25) is 0 Å². The Bertz CT molecular complexity index is 1200. The highest BCUT2D eigenvalue weighted by Crippen LogP contribution is 2.34. The summed E-state index contributed by atoms with van der Waals surface area (Å²) in [6, 6.07) is 19.4. The Morgan fingerprint density at radius 1 is 0.853 bits per heavy atom. The molecule has 0 radical (unpaired) electrons. The van der Waals surface area contributed by atoms with Gasteiger partial charge in [0.25, 0.3) is 5.84 Å². The van der Waals surface area contributed by atoms with Gasteiger partial charge < -0.3 is 17.7 Å². The Morgan fingerprint density at radius 2 is 1.56 bits per heavy atom. The molecule has 178 valence electrons. The SMILES string of the molecule is FC(F)(F)c1ccc(CN2CC[N+](=C3Nc4cc(Cl)ccc4Nc4ccccc43)CC2)cc1.[Cl-]. The molecule has 0 amide bonds. The van der Waals surface area contributed by atoms with E-state index in [0.29, 0.717) is 11.6 Å². The largest absolute Gasteiger partial charge is 1.00 e. The number of hydrogen-bond donors (Lipinski definition) is 2. The lowest BCUT2D eigenvalue weighted by Crippen LogP contribution is -3.00. The molecule has 34 heavy (non-hydrogen) atoms. The molecule has 0 bridgehead atoms. The molecule has 5 rings (SSSR count). The Labute approximate surface area is 207 Å². The van der Waals surface area contributed by atoms with Crippen LogP contribution in [-0.2, 0) is 12.7 Å². The van der Waals surface area contributed by atoms with Crippen molar-refractivity contribution in [3.05, 3.63) is 88.4 Å². The van der Waals surface area contributed by atoms with Crippen molar-refractivity contribution >= 4 is 34.5 Å². The topological polar surface area (TPSA) is 30.3 Å². The lowest BCUT2D eigenvalue weighted by Gasteiger charge is -2.28.